The third-order valence-corrected chi connectivity index (χ3v) is 6.24. The maximum Gasteiger partial charge on any atom is 0.161 e. The van der Waals surface area contributed by atoms with Crippen LogP contribution >= 0.6 is 0 Å². The van der Waals surface area contributed by atoms with Gasteiger partial charge in [-0.15, -0.1) is 0 Å². The van der Waals surface area contributed by atoms with E-state index in [1.807, 2.05) is 6.07 Å². The lowest BCUT2D eigenvalue weighted by molar-refractivity contribution is 0.0853. The number of likely N-dealkylation sites (N-methyl/N-ethyl adjacent to an activating group) is 1. The van der Waals surface area contributed by atoms with Gasteiger partial charge in [0, 0.05) is 23.6 Å². The van der Waals surface area contributed by atoms with Crippen LogP contribution in [0.5, 0.6) is 11.5 Å². The number of phenols is 1. The summed E-state index contributed by atoms with van der Waals surface area (Å²) in [5, 5.41) is 20.8. The largest absolute Gasteiger partial charge is 0.504 e. The SMILES string of the molecule is COc1cc2c3c(c1O)C1(CCC(O)CC1)CC3N(C)CC2. The van der Waals surface area contributed by atoms with Crippen molar-refractivity contribution < 1.29 is 14.9 Å². The summed E-state index contributed by atoms with van der Waals surface area (Å²) in [6, 6.07) is 2.44. The van der Waals surface area contributed by atoms with E-state index in [0.29, 0.717) is 17.5 Å². The number of ether oxygens (including phenoxy) is 1. The summed E-state index contributed by atoms with van der Waals surface area (Å²) in [5.41, 5.74) is 3.84. The molecule has 1 fully saturated rings. The molecule has 0 bridgehead atoms. The highest BCUT2D eigenvalue weighted by Crippen LogP contribution is 2.60. The van der Waals surface area contributed by atoms with Crippen molar-refractivity contribution in [2.45, 2.75) is 56.1 Å². The maximum atomic E-state index is 10.8. The predicted octanol–water partition coefficient (Wildman–Crippen LogP) is 2.51. The Kier molecular flexibility index (Phi) is 3.17. The van der Waals surface area contributed by atoms with Crippen LogP contribution in [-0.4, -0.2) is 41.9 Å². The van der Waals surface area contributed by atoms with Gasteiger partial charge in [0.2, 0.25) is 0 Å². The Hall–Kier alpha value is -1.26. The molecule has 0 amide bonds. The van der Waals surface area contributed by atoms with Crippen molar-refractivity contribution in [2.75, 3.05) is 20.7 Å². The monoisotopic (exact) mass is 303 g/mol. The molecule has 1 aromatic rings. The molecule has 0 saturated heterocycles. The summed E-state index contributed by atoms with van der Waals surface area (Å²) in [7, 11) is 3.82. The van der Waals surface area contributed by atoms with E-state index in [1.165, 1.54) is 11.1 Å². The molecule has 1 aliphatic heterocycles. The van der Waals surface area contributed by atoms with E-state index in [9.17, 15) is 10.2 Å². The van der Waals surface area contributed by atoms with E-state index in [0.717, 1.165) is 50.6 Å². The number of aromatic hydroxyl groups is 1. The molecule has 120 valence electrons. The number of methoxy groups -OCH3 is 1. The second-order valence-corrected chi connectivity index (χ2v) is 7.34. The lowest BCUT2D eigenvalue weighted by Crippen LogP contribution is -2.34. The Morgan fingerprint density at radius 2 is 2.05 bits per heavy atom. The van der Waals surface area contributed by atoms with Crippen LogP contribution in [0.15, 0.2) is 6.07 Å². The average Bonchev–Trinajstić information content (AvgIpc) is 2.86. The molecule has 3 aliphatic rings. The highest BCUT2D eigenvalue weighted by molar-refractivity contribution is 5.61. The standard InChI is InChI=1S/C18H25NO3/c1-19-8-5-11-9-14(22-2)17(21)16-15(11)13(19)10-18(16)6-3-12(20)4-7-18/h9,12-13,20-21H,3-8,10H2,1-2H3. The molecule has 1 unspecified atom stereocenters. The van der Waals surface area contributed by atoms with Crippen LogP contribution in [-0.2, 0) is 11.8 Å². The maximum absolute atomic E-state index is 10.8. The van der Waals surface area contributed by atoms with E-state index in [4.69, 9.17) is 4.74 Å². The Labute approximate surface area is 131 Å². The fraction of sp³-hybridized carbons (Fsp3) is 0.667. The third-order valence-electron chi connectivity index (χ3n) is 6.24. The van der Waals surface area contributed by atoms with Crippen molar-refractivity contribution in [2.24, 2.45) is 0 Å². The van der Waals surface area contributed by atoms with Gasteiger partial charge in [0.1, 0.15) is 0 Å². The fourth-order valence-corrected chi connectivity index (χ4v) is 5.01. The first-order chi connectivity index (χ1) is 10.6. The molecule has 22 heavy (non-hydrogen) atoms. The van der Waals surface area contributed by atoms with Crippen LogP contribution in [0.25, 0.3) is 0 Å². The van der Waals surface area contributed by atoms with Crippen LogP contribution in [0, 0.1) is 0 Å². The zero-order valence-corrected chi connectivity index (χ0v) is 13.4. The third kappa shape index (κ3) is 1.83. The number of hydrogen-bond acceptors (Lipinski definition) is 4. The molecule has 1 spiro atoms. The summed E-state index contributed by atoms with van der Waals surface area (Å²) >= 11 is 0. The Balaban J connectivity index is 1.90. The first-order valence-corrected chi connectivity index (χ1v) is 8.37. The van der Waals surface area contributed by atoms with Crippen molar-refractivity contribution >= 4 is 0 Å². The van der Waals surface area contributed by atoms with Gasteiger partial charge in [0.15, 0.2) is 11.5 Å². The van der Waals surface area contributed by atoms with Gasteiger partial charge < -0.3 is 14.9 Å². The molecule has 0 aromatic heterocycles. The minimum atomic E-state index is -0.178. The topological polar surface area (TPSA) is 52.9 Å². The number of hydrogen-bond donors (Lipinski definition) is 2. The number of benzene rings is 1. The molecule has 4 rings (SSSR count). The first kappa shape index (κ1) is 14.3. The predicted molar refractivity (Wildman–Crippen MR) is 84.5 cm³/mol. The first-order valence-electron chi connectivity index (χ1n) is 8.37. The van der Waals surface area contributed by atoms with Crippen LogP contribution in [0.1, 0.15) is 54.8 Å². The van der Waals surface area contributed by atoms with Gasteiger partial charge in [-0.2, -0.15) is 0 Å². The lowest BCUT2D eigenvalue weighted by Gasteiger charge is -2.37. The number of aliphatic hydroxyl groups excluding tert-OH is 1. The summed E-state index contributed by atoms with van der Waals surface area (Å²) in [6.45, 7) is 1.06. The van der Waals surface area contributed by atoms with Crippen molar-refractivity contribution in [3.8, 4) is 11.5 Å². The molecule has 2 aliphatic carbocycles. The number of nitrogens with zero attached hydrogens (tertiary/aromatic N) is 1. The van der Waals surface area contributed by atoms with Crippen molar-refractivity contribution in [1.29, 1.82) is 0 Å². The van der Waals surface area contributed by atoms with Crippen LogP contribution in [0.4, 0.5) is 0 Å². The molecule has 1 atom stereocenters. The summed E-state index contributed by atoms with van der Waals surface area (Å²) < 4.78 is 5.44. The van der Waals surface area contributed by atoms with Gasteiger partial charge in [-0.1, -0.05) is 0 Å². The summed E-state index contributed by atoms with van der Waals surface area (Å²) in [6.07, 6.45) is 5.51. The Morgan fingerprint density at radius 1 is 1.32 bits per heavy atom. The van der Waals surface area contributed by atoms with Crippen LogP contribution in [0.2, 0.25) is 0 Å². The smallest absolute Gasteiger partial charge is 0.161 e. The number of rotatable bonds is 1. The van der Waals surface area contributed by atoms with E-state index in [1.54, 1.807) is 7.11 Å². The molecule has 1 saturated carbocycles. The molecule has 0 radical (unpaired) electrons. The molecule has 1 aromatic carbocycles. The minimum Gasteiger partial charge on any atom is -0.504 e. The number of phenolic OH excluding ortho intramolecular Hbond substituents is 1. The van der Waals surface area contributed by atoms with E-state index in [2.05, 4.69) is 11.9 Å². The van der Waals surface area contributed by atoms with E-state index in [-0.39, 0.29) is 11.5 Å². The minimum absolute atomic E-state index is 0.0191. The van der Waals surface area contributed by atoms with Crippen molar-refractivity contribution in [1.82, 2.24) is 4.90 Å². The van der Waals surface area contributed by atoms with Gasteiger partial charge in [0.25, 0.3) is 0 Å². The van der Waals surface area contributed by atoms with Crippen molar-refractivity contribution in [3.63, 3.8) is 0 Å². The number of fused-ring (bicyclic) bond motifs is 1. The fourth-order valence-electron chi connectivity index (χ4n) is 5.01. The molecular weight excluding hydrogens is 278 g/mol. The number of aliphatic hydroxyl groups is 1. The average molecular weight is 303 g/mol. The highest BCUT2D eigenvalue weighted by atomic mass is 16.5. The van der Waals surface area contributed by atoms with Gasteiger partial charge >= 0.3 is 0 Å². The normalized spacial score (nSPS) is 34.0. The molecule has 4 heteroatoms. The molecule has 4 nitrogen and oxygen atoms in total. The summed E-state index contributed by atoms with van der Waals surface area (Å²) in [5.74, 6) is 0.958. The Bertz CT molecular complexity index is 605. The van der Waals surface area contributed by atoms with Gasteiger partial charge in [-0.05, 0) is 62.8 Å². The zero-order chi connectivity index (χ0) is 15.5. The molecule has 2 N–H and O–H groups in total. The lowest BCUT2D eigenvalue weighted by atomic mass is 9.69. The van der Waals surface area contributed by atoms with E-state index >= 15 is 0 Å². The van der Waals surface area contributed by atoms with E-state index < -0.39 is 0 Å². The Morgan fingerprint density at radius 3 is 2.73 bits per heavy atom. The molecule has 1 heterocycles. The van der Waals surface area contributed by atoms with Crippen LogP contribution < -0.4 is 4.74 Å². The summed E-state index contributed by atoms with van der Waals surface area (Å²) in [4.78, 5) is 2.43. The van der Waals surface area contributed by atoms with Gasteiger partial charge in [0.05, 0.1) is 13.2 Å². The molecular formula is C18H25NO3. The van der Waals surface area contributed by atoms with Gasteiger partial charge in [-0.25, -0.2) is 0 Å². The highest BCUT2D eigenvalue weighted by Gasteiger charge is 2.50. The second kappa shape index (κ2) is 4.87. The van der Waals surface area contributed by atoms with Crippen molar-refractivity contribution in [3.05, 3.63) is 22.8 Å². The van der Waals surface area contributed by atoms with Crippen LogP contribution in [0.3, 0.4) is 0 Å². The van der Waals surface area contributed by atoms with Gasteiger partial charge in [-0.3, -0.25) is 4.90 Å². The quantitative estimate of drug-likeness (QED) is 0.837. The second-order valence-electron chi connectivity index (χ2n) is 7.34. The zero-order valence-electron chi connectivity index (χ0n) is 13.4.